The van der Waals surface area contributed by atoms with Crippen LogP contribution in [0.5, 0.6) is 0 Å². The van der Waals surface area contributed by atoms with Gasteiger partial charge in [-0.3, -0.25) is 0 Å². The highest BCUT2D eigenvalue weighted by Gasteiger charge is 2.24. The highest BCUT2D eigenvalue weighted by molar-refractivity contribution is 5.27. The number of hydrogen-bond donors (Lipinski definition) is 1. The zero-order valence-electron chi connectivity index (χ0n) is 12.3. The molecule has 1 unspecified atom stereocenters. The monoisotopic (exact) mass is 251 g/mol. The average molecular weight is 251 g/mol. The summed E-state index contributed by atoms with van der Waals surface area (Å²) in [6.45, 7) is 12.9. The smallest absolute Gasteiger partial charge is 0.123 e. The van der Waals surface area contributed by atoms with Crippen LogP contribution in [0.4, 0.5) is 4.39 Å². The van der Waals surface area contributed by atoms with Gasteiger partial charge in [0.05, 0.1) is 0 Å². The number of nitrogens with one attached hydrogen (secondary N) is 1. The molecule has 0 aliphatic carbocycles. The van der Waals surface area contributed by atoms with Crippen molar-refractivity contribution >= 4 is 0 Å². The molecule has 18 heavy (non-hydrogen) atoms. The van der Waals surface area contributed by atoms with Crippen molar-refractivity contribution in [3.63, 3.8) is 0 Å². The molecule has 1 N–H and O–H groups in total. The summed E-state index contributed by atoms with van der Waals surface area (Å²) in [7, 11) is 0. The molecule has 2 heteroatoms. The maximum Gasteiger partial charge on any atom is 0.123 e. The van der Waals surface area contributed by atoms with Crippen LogP contribution in [0.15, 0.2) is 18.2 Å². The van der Waals surface area contributed by atoms with E-state index >= 15 is 0 Å². The van der Waals surface area contributed by atoms with Gasteiger partial charge in [-0.2, -0.15) is 0 Å². The normalized spacial score (nSPS) is 13.7. The first-order valence-corrected chi connectivity index (χ1v) is 6.80. The fraction of sp³-hybridized carbons (Fsp3) is 0.625. The molecule has 1 rings (SSSR count). The van der Waals surface area contributed by atoms with Gasteiger partial charge in [-0.05, 0) is 61.0 Å². The van der Waals surface area contributed by atoms with E-state index in [1.807, 2.05) is 13.0 Å². The summed E-state index contributed by atoms with van der Waals surface area (Å²) in [6.07, 6.45) is 1.00. The van der Waals surface area contributed by atoms with Gasteiger partial charge in [-0.25, -0.2) is 4.39 Å². The van der Waals surface area contributed by atoms with Crippen LogP contribution in [0.25, 0.3) is 0 Å². The van der Waals surface area contributed by atoms with Crippen LogP contribution >= 0.6 is 0 Å². The minimum absolute atomic E-state index is 0.143. The van der Waals surface area contributed by atoms with Crippen LogP contribution < -0.4 is 5.32 Å². The fourth-order valence-electron chi connectivity index (χ4n) is 2.16. The van der Waals surface area contributed by atoms with Gasteiger partial charge in [0, 0.05) is 0 Å². The van der Waals surface area contributed by atoms with Crippen LogP contribution in [0.1, 0.15) is 38.8 Å². The first-order chi connectivity index (χ1) is 8.34. The zero-order valence-corrected chi connectivity index (χ0v) is 12.3. The van der Waals surface area contributed by atoms with E-state index in [2.05, 4.69) is 33.0 Å². The van der Waals surface area contributed by atoms with Crippen LogP contribution in [0, 0.1) is 24.1 Å². The van der Waals surface area contributed by atoms with Gasteiger partial charge in [0.2, 0.25) is 0 Å². The fourth-order valence-corrected chi connectivity index (χ4v) is 2.16. The standard InChI is InChI=1S/C16H26FN/c1-6-18-11-14(16(3,4)5)10-13-7-8-15(17)9-12(13)2/h7-9,14,18H,6,10-11H2,1-5H3. The van der Waals surface area contributed by atoms with Crippen molar-refractivity contribution in [1.29, 1.82) is 0 Å². The molecule has 1 atom stereocenters. The van der Waals surface area contributed by atoms with Crippen molar-refractivity contribution in [3.8, 4) is 0 Å². The Bertz CT molecular complexity index is 379. The summed E-state index contributed by atoms with van der Waals surface area (Å²) >= 11 is 0. The van der Waals surface area contributed by atoms with E-state index in [-0.39, 0.29) is 11.2 Å². The summed E-state index contributed by atoms with van der Waals surface area (Å²) < 4.78 is 13.1. The second kappa shape index (κ2) is 6.33. The number of aryl methyl sites for hydroxylation is 1. The van der Waals surface area contributed by atoms with E-state index in [4.69, 9.17) is 0 Å². The number of rotatable bonds is 5. The summed E-state index contributed by atoms with van der Waals surface area (Å²) in [5.74, 6) is 0.414. The van der Waals surface area contributed by atoms with E-state index in [0.29, 0.717) is 5.92 Å². The van der Waals surface area contributed by atoms with Crippen molar-refractivity contribution < 1.29 is 4.39 Å². The molecule has 0 amide bonds. The van der Waals surface area contributed by atoms with Gasteiger partial charge in [-0.15, -0.1) is 0 Å². The van der Waals surface area contributed by atoms with E-state index in [9.17, 15) is 4.39 Å². The van der Waals surface area contributed by atoms with Crippen molar-refractivity contribution in [1.82, 2.24) is 5.32 Å². The van der Waals surface area contributed by atoms with Crippen molar-refractivity contribution in [2.75, 3.05) is 13.1 Å². The SMILES string of the molecule is CCNCC(Cc1ccc(F)cc1C)C(C)(C)C. The molecule has 0 aliphatic rings. The van der Waals surface area contributed by atoms with Crippen LogP contribution in [0.3, 0.4) is 0 Å². The number of halogens is 1. The summed E-state index contributed by atoms with van der Waals surface area (Å²) in [5, 5.41) is 3.43. The van der Waals surface area contributed by atoms with E-state index in [0.717, 1.165) is 25.1 Å². The van der Waals surface area contributed by atoms with Gasteiger partial charge in [0.25, 0.3) is 0 Å². The Morgan fingerprint density at radius 2 is 1.94 bits per heavy atom. The third-order valence-electron chi connectivity index (χ3n) is 3.64. The maximum absolute atomic E-state index is 13.1. The molecule has 1 aromatic rings. The first-order valence-electron chi connectivity index (χ1n) is 6.80. The Morgan fingerprint density at radius 3 is 2.44 bits per heavy atom. The van der Waals surface area contributed by atoms with Gasteiger partial charge >= 0.3 is 0 Å². The predicted molar refractivity (Wildman–Crippen MR) is 76.3 cm³/mol. The first kappa shape index (κ1) is 15.2. The Kier molecular flexibility index (Phi) is 5.33. The minimum atomic E-state index is -0.143. The van der Waals surface area contributed by atoms with Crippen molar-refractivity contribution in [2.45, 2.75) is 41.0 Å². The maximum atomic E-state index is 13.1. The zero-order chi connectivity index (χ0) is 13.8. The van der Waals surface area contributed by atoms with E-state index in [1.54, 1.807) is 12.1 Å². The molecule has 1 aromatic carbocycles. The Hall–Kier alpha value is -0.890. The quantitative estimate of drug-likeness (QED) is 0.835. The molecule has 0 radical (unpaired) electrons. The lowest BCUT2D eigenvalue weighted by Gasteiger charge is -2.31. The molecular formula is C16H26FN. The van der Waals surface area contributed by atoms with Crippen LogP contribution in [-0.4, -0.2) is 13.1 Å². The molecule has 1 nitrogen and oxygen atoms in total. The summed E-state index contributed by atoms with van der Waals surface area (Å²) in [6, 6.07) is 5.12. The largest absolute Gasteiger partial charge is 0.317 e. The van der Waals surface area contributed by atoms with Crippen LogP contribution in [-0.2, 0) is 6.42 Å². The van der Waals surface area contributed by atoms with Gasteiger partial charge in [0.1, 0.15) is 5.82 Å². The molecule has 0 saturated carbocycles. The lowest BCUT2D eigenvalue weighted by Crippen LogP contribution is -2.33. The Balaban J connectivity index is 2.82. The molecule has 102 valence electrons. The van der Waals surface area contributed by atoms with Crippen molar-refractivity contribution in [2.24, 2.45) is 11.3 Å². The molecule has 0 aliphatic heterocycles. The predicted octanol–water partition coefficient (Wildman–Crippen LogP) is 3.95. The third-order valence-corrected chi connectivity index (χ3v) is 3.64. The van der Waals surface area contributed by atoms with E-state index in [1.165, 1.54) is 5.56 Å². The second-order valence-corrected chi connectivity index (χ2v) is 6.15. The van der Waals surface area contributed by atoms with E-state index < -0.39 is 0 Å². The number of benzene rings is 1. The Labute approximate surface area is 111 Å². The highest BCUT2D eigenvalue weighted by Crippen LogP contribution is 2.29. The lowest BCUT2D eigenvalue weighted by atomic mass is 9.76. The number of hydrogen-bond acceptors (Lipinski definition) is 1. The molecule has 0 heterocycles. The molecular weight excluding hydrogens is 225 g/mol. The topological polar surface area (TPSA) is 12.0 Å². The third kappa shape index (κ3) is 4.41. The highest BCUT2D eigenvalue weighted by atomic mass is 19.1. The average Bonchev–Trinajstić information content (AvgIpc) is 2.25. The van der Waals surface area contributed by atoms with Gasteiger partial charge in [-0.1, -0.05) is 33.8 Å². The molecule has 0 aromatic heterocycles. The molecule has 0 bridgehead atoms. The minimum Gasteiger partial charge on any atom is -0.317 e. The summed E-state index contributed by atoms with van der Waals surface area (Å²) in [5.41, 5.74) is 2.57. The molecule has 0 saturated heterocycles. The van der Waals surface area contributed by atoms with Crippen LogP contribution in [0.2, 0.25) is 0 Å². The van der Waals surface area contributed by atoms with Gasteiger partial charge < -0.3 is 5.32 Å². The lowest BCUT2D eigenvalue weighted by molar-refractivity contribution is 0.231. The molecule has 0 fully saturated rings. The van der Waals surface area contributed by atoms with Crippen molar-refractivity contribution in [3.05, 3.63) is 35.1 Å². The summed E-state index contributed by atoms with van der Waals surface area (Å²) in [4.78, 5) is 0. The molecule has 0 spiro atoms. The van der Waals surface area contributed by atoms with Gasteiger partial charge in [0.15, 0.2) is 0 Å². The second-order valence-electron chi connectivity index (χ2n) is 6.15. The Morgan fingerprint density at radius 1 is 1.28 bits per heavy atom.